The standard InChI is InChI=1S/C11H15BrN2OS2/c1-17(15)6-2-5-14-8-3-4-9(11(13)16)10(12)7-8/h3-4,7,14H,2,5-6H2,1H3,(H2,13,16). The van der Waals surface area contributed by atoms with Crippen LogP contribution in [0.2, 0.25) is 0 Å². The van der Waals surface area contributed by atoms with Crippen LogP contribution < -0.4 is 11.1 Å². The molecule has 0 bridgehead atoms. The third-order valence-electron chi connectivity index (χ3n) is 2.17. The number of hydrogen-bond acceptors (Lipinski definition) is 3. The summed E-state index contributed by atoms with van der Waals surface area (Å²) in [7, 11) is -0.721. The second-order valence-corrected chi connectivity index (χ2v) is 6.47. The van der Waals surface area contributed by atoms with Crippen molar-refractivity contribution in [1.29, 1.82) is 0 Å². The molecule has 1 rings (SSSR count). The van der Waals surface area contributed by atoms with Crippen molar-refractivity contribution in [3.63, 3.8) is 0 Å². The Bertz CT molecular complexity index is 437. The SMILES string of the molecule is CS(=O)CCCNc1ccc(C(N)=S)c(Br)c1. The highest BCUT2D eigenvalue weighted by Crippen LogP contribution is 2.21. The van der Waals surface area contributed by atoms with Crippen molar-refractivity contribution in [1.82, 2.24) is 0 Å². The maximum Gasteiger partial charge on any atom is 0.105 e. The molecule has 0 spiro atoms. The number of nitrogens with two attached hydrogens (primary N) is 1. The van der Waals surface area contributed by atoms with Crippen molar-refractivity contribution in [3.05, 3.63) is 28.2 Å². The minimum Gasteiger partial charge on any atom is -0.389 e. The molecule has 0 saturated heterocycles. The van der Waals surface area contributed by atoms with Crippen LogP contribution in [0.15, 0.2) is 22.7 Å². The van der Waals surface area contributed by atoms with E-state index in [1.807, 2.05) is 18.2 Å². The average Bonchev–Trinajstić information content (AvgIpc) is 2.23. The number of rotatable bonds is 6. The summed E-state index contributed by atoms with van der Waals surface area (Å²) in [5, 5.41) is 3.26. The van der Waals surface area contributed by atoms with Crippen molar-refractivity contribution in [2.24, 2.45) is 5.73 Å². The largest absolute Gasteiger partial charge is 0.389 e. The summed E-state index contributed by atoms with van der Waals surface area (Å²) in [5.41, 5.74) is 7.40. The molecule has 1 atom stereocenters. The Morgan fingerprint density at radius 3 is 2.82 bits per heavy atom. The molecule has 17 heavy (non-hydrogen) atoms. The maximum absolute atomic E-state index is 10.9. The fraction of sp³-hybridized carbons (Fsp3) is 0.364. The van der Waals surface area contributed by atoms with Crippen LogP contribution in [0.25, 0.3) is 0 Å². The Hall–Kier alpha value is -0.460. The summed E-state index contributed by atoms with van der Waals surface area (Å²) in [6.07, 6.45) is 2.60. The molecule has 6 heteroatoms. The molecular weight excluding hydrogens is 320 g/mol. The lowest BCUT2D eigenvalue weighted by molar-refractivity contribution is 0.685. The minimum absolute atomic E-state index is 0.379. The fourth-order valence-electron chi connectivity index (χ4n) is 1.33. The van der Waals surface area contributed by atoms with Crippen LogP contribution in [0.1, 0.15) is 12.0 Å². The highest BCUT2D eigenvalue weighted by Gasteiger charge is 2.03. The predicted molar refractivity (Wildman–Crippen MR) is 82.1 cm³/mol. The molecule has 1 aromatic carbocycles. The second kappa shape index (κ2) is 7.08. The van der Waals surface area contributed by atoms with E-state index in [0.29, 0.717) is 4.99 Å². The first kappa shape index (κ1) is 14.6. The molecule has 0 fully saturated rings. The van der Waals surface area contributed by atoms with Crippen molar-refractivity contribution in [3.8, 4) is 0 Å². The number of thiocarbonyl (C=S) groups is 1. The van der Waals surface area contributed by atoms with Gasteiger partial charge < -0.3 is 11.1 Å². The summed E-state index contributed by atoms with van der Waals surface area (Å²) >= 11 is 8.35. The Balaban J connectivity index is 2.53. The molecular formula is C11H15BrN2OS2. The third kappa shape index (κ3) is 5.14. The van der Waals surface area contributed by atoms with Crippen LogP contribution in [-0.2, 0) is 10.8 Å². The van der Waals surface area contributed by atoms with E-state index in [9.17, 15) is 4.21 Å². The van der Waals surface area contributed by atoms with Gasteiger partial charge in [-0.1, -0.05) is 12.2 Å². The Morgan fingerprint density at radius 2 is 2.29 bits per heavy atom. The normalized spacial score (nSPS) is 12.1. The van der Waals surface area contributed by atoms with Gasteiger partial charge in [0.2, 0.25) is 0 Å². The van der Waals surface area contributed by atoms with Gasteiger partial charge in [0.05, 0.1) is 0 Å². The predicted octanol–water partition coefficient (Wildman–Crippen LogP) is 2.26. The van der Waals surface area contributed by atoms with E-state index in [0.717, 1.165) is 34.4 Å². The molecule has 94 valence electrons. The number of hydrogen-bond donors (Lipinski definition) is 2. The Morgan fingerprint density at radius 1 is 1.59 bits per heavy atom. The van der Waals surface area contributed by atoms with Gasteiger partial charge in [0.25, 0.3) is 0 Å². The molecule has 0 aliphatic rings. The molecule has 0 aliphatic carbocycles. The van der Waals surface area contributed by atoms with Gasteiger partial charge in [-0.05, 0) is 40.5 Å². The number of benzene rings is 1. The first-order valence-electron chi connectivity index (χ1n) is 5.14. The maximum atomic E-state index is 10.9. The lowest BCUT2D eigenvalue weighted by Gasteiger charge is -2.08. The summed E-state index contributed by atoms with van der Waals surface area (Å²) in [5.74, 6) is 0.721. The molecule has 3 N–H and O–H groups in total. The van der Waals surface area contributed by atoms with Crippen LogP contribution in [0.5, 0.6) is 0 Å². The quantitative estimate of drug-likeness (QED) is 0.619. The molecule has 1 aromatic rings. The Kier molecular flexibility index (Phi) is 6.08. The third-order valence-corrected chi connectivity index (χ3v) is 3.91. The second-order valence-electron chi connectivity index (χ2n) is 3.62. The van der Waals surface area contributed by atoms with Gasteiger partial charge >= 0.3 is 0 Å². The zero-order chi connectivity index (χ0) is 12.8. The van der Waals surface area contributed by atoms with Gasteiger partial charge in [0.1, 0.15) is 4.99 Å². The molecule has 3 nitrogen and oxygen atoms in total. The summed E-state index contributed by atoms with van der Waals surface area (Å²) in [4.78, 5) is 0.379. The van der Waals surface area contributed by atoms with Gasteiger partial charge in [-0.3, -0.25) is 4.21 Å². The van der Waals surface area contributed by atoms with Gasteiger partial charge in [-0.25, -0.2) is 0 Å². The monoisotopic (exact) mass is 334 g/mol. The van der Waals surface area contributed by atoms with Gasteiger partial charge in [0, 0.05) is 45.1 Å². The van der Waals surface area contributed by atoms with E-state index < -0.39 is 10.8 Å². The van der Waals surface area contributed by atoms with E-state index in [1.54, 1.807) is 6.26 Å². The number of halogens is 1. The van der Waals surface area contributed by atoms with E-state index in [4.69, 9.17) is 18.0 Å². The number of nitrogens with one attached hydrogen (secondary N) is 1. The Labute approximate surface area is 118 Å². The highest BCUT2D eigenvalue weighted by molar-refractivity contribution is 9.10. The van der Waals surface area contributed by atoms with Gasteiger partial charge in [-0.2, -0.15) is 0 Å². The minimum atomic E-state index is -0.721. The van der Waals surface area contributed by atoms with Crippen molar-refractivity contribution < 1.29 is 4.21 Å². The summed E-state index contributed by atoms with van der Waals surface area (Å²) in [6, 6.07) is 5.76. The molecule has 0 radical (unpaired) electrons. The first-order chi connectivity index (χ1) is 8.00. The molecule has 0 aliphatic heterocycles. The average molecular weight is 335 g/mol. The van der Waals surface area contributed by atoms with Crippen molar-refractivity contribution >= 4 is 49.6 Å². The first-order valence-corrected chi connectivity index (χ1v) is 8.07. The smallest absolute Gasteiger partial charge is 0.105 e. The summed E-state index contributed by atoms with van der Waals surface area (Å²) in [6.45, 7) is 0.804. The van der Waals surface area contributed by atoms with Crippen molar-refractivity contribution in [2.45, 2.75) is 6.42 Å². The topological polar surface area (TPSA) is 55.1 Å². The van der Waals surface area contributed by atoms with E-state index in [-0.39, 0.29) is 0 Å². The lowest BCUT2D eigenvalue weighted by Crippen LogP contribution is -2.11. The van der Waals surface area contributed by atoms with Crippen LogP contribution in [0, 0.1) is 0 Å². The van der Waals surface area contributed by atoms with E-state index >= 15 is 0 Å². The van der Waals surface area contributed by atoms with Crippen LogP contribution in [0.4, 0.5) is 5.69 Å². The van der Waals surface area contributed by atoms with Crippen molar-refractivity contribution in [2.75, 3.05) is 23.9 Å². The van der Waals surface area contributed by atoms with Gasteiger partial charge in [0.15, 0.2) is 0 Å². The lowest BCUT2D eigenvalue weighted by atomic mass is 10.2. The highest BCUT2D eigenvalue weighted by atomic mass is 79.9. The zero-order valence-corrected chi connectivity index (χ0v) is 12.8. The molecule has 0 aromatic heterocycles. The fourth-order valence-corrected chi connectivity index (χ4v) is 2.79. The number of anilines is 1. The molecule has 0 heterocycles. The zero-order valence-electron chi connectivity index (χ0n) is 9.53. The molecule has 0 saturated carbocycles. The van der Waals surface area contributed by atoms with E-state index in [2.05, 4.69) is 21.2 Å². The van der Waals surface area contributed by atoms with E-state index in [1.165, 1.54) is 0 Å². The molecule has 1 unspecified atom stereocenters. The van der Waals surface area contributed by atoms with Gasteiger partial charge in [-0.15, -0.1) is 0 Å². The van der Waals surface area contributed by atoms with Crippen LogP contribution in [-0.4, -0.2) is 27.8 Å². The van der Waals surface area contributed by atoms with Crippen LogP contribution >= 0.6 is 28.1 Å². The molecule has 0 amide bonds. The van der Waals surface area contributed by atoms with Crippen LogP contribution in [0.3, 0.4) is 0 Å². The summed E-state index contributed by atoms with van der Waals surface area (Å²) < 4.78 is 11.8.